The fourth-order valence-corrected chi connectivity index (χ4v) is 1.97. The first-order valence-electron chi connectivity index (χ1n) is 7.93. The summed E-state index contributed by atoms with van der Waals surface area (Å²) in [5.41, 5.74) is 4.80. The largest absolute Gasteiger partial charge is 0.493 e. The molecule has 0 bridgehead atoms. The second-order valence-electron chi connectivity index (χ2n) is 6.39. The number of benzene rings is 1. The Balaban J connectivity index is 2.49. The molecule has 2 amide bonds. The fourth-order valence-electron chi connectivity index (χ4n) is 1.97. The quantitative estimate of drug-likeness (QED) is 0.730. The van der Waals surface area contributed by atoms with E-state index >= 15 is 0 Å². The van der Waals surface area contributed by atoms with E-state index in [2.05, 4.69) is 5.32 Å². The summed E-state index contributed by atoms with van der Waals surface area (Å²) in [5.74, 6) is -0.0960. The van der Waals surface area contributed by atoms with E-state index in [0.717, 1.165) is 0 Å². The van der Waals surface area contributed by atoms with E-state index in [1.54, 1.807) is 27.7 Å². The van der Waals surface area contributed by atoms with Crippen LogP contribution in [-0.2, 0) is 9.47 Å². The van der Waals surface area contributed by atoms with Gasteiger partial charge in [-0.05, 0) is 52.3 Å². The molecule has 0 aliphatic rings. The molecule has 1 rings (SSSR count). The molecule has 3 N–H and O–H groups in total. The van der Waals surface area contributed by atoms with Crippen molar-refractivity contribution in [3.63, 3.8) is 0 Å². The SMILES string of the molecule is CC(OC(N)=O)c1cc(F)ccc1OCCCNC(=O)OC(C)(C)C. The molecule has 0 spiro atoms. The molecule has 0 saturated carbocycles. The number of amides is 2. The van der Waals surface area contributed by atoms with Crippen LogP contribution in [0.25, 0.3) is 0 Å². The second kappa shape index (κ2) is 9.10. The van der Waals surface area contributed by atoms with Gasteiger partial charge < -0.3 is 25.3 Å². The fraction of sp³-hybridized carbons (Fsp3) is 0.529. The lowest BCUT2D eigenvalue weighted by molar-refractivity contribution is 0.0525. The summed E-state index contributed by atoms with van der Waals surface area (Å²) in [6, 6.07) is 3.92. The molecule has 0 aliphatic carbocycles. The molecule has 0 heterocycles. The van der Waals surface area contributed by atoms with Gasteiger partial charge in [0.15, 0.2) is 0 Å². The van der Waals surface area contributed by atoms with Gasteiger partial charge in [-0.3, -0.25) is 0 Å². The van der Waals surface area contributed by atoms with Crippen molar-refractivity contribution in [2.45, 2.75) is 45.8 Å². The van der Waals surface area contributed by atoms with Crippen molar-refractivity contribution in [1.29, 1.82) is 0 Å². The van der Waals surface area contributed by atoms with Crippen LogP contribution >= 0.6 is 0 Å². The molecular formula is C17H25FN2O5. The van der Waals surface area contributed by atoms with Crippen LogP contribution in [0.4, 0.5) is 14.0 Å². The van der Waals surface area contributed by atoms with E-state index < -0.39 is 29.7 Å². The first kappa shape index (κ1) is 20.5. The highest BCUT2D eigenvalue weighted by molar-refractivity contribution is 5.67. The molecule has 1 aromatic carbocycles. The number of carbonyl (C=O) groups is 2. The van der Waals surface area contributed by atoms with Crippen LogP contribution in [0.2, 0.25) is 0 Å². The maximum atomic E-state index is 13.4. The lowest BCUT2D eigenvalue weighted by Crippen LogP contribution is -2.33. The van der Waals surface area contributed by atoms with Crippen LogP contribution in [0.3, 0.4) is 0 Å². The van der Waals surface area contributed by atoms with E-state index in [9.17, 15) is 14.0 Å². The van der Waals surface area contributed by atoms with Gasteiger partial charge in [-0.2, -0.15) is 0 Å². The van der Waals surface area contributed by atoms with Crippen molar-refractivity contribution in [2.75, 3.05) is 13.2 Å². The maximum Gasteiger partial charge on any atom is 0.407 e. The van der Waals surface area contributed by atoms with Crippen LogP contribution in [0, 0.1) is 5.82 Å². The zero-order valence-electron chi connectivity index (χ0n) is 14.9. The van der Waals surface area contributed by atoms with Crippen LogP contribution in [0.1, 0.15) is 45.8 Å². The molecule has 1 unspecified atom stereocenters. The summed E-state index contributed by atoms with van der Waals surface area (Å²) in [7, 11) is 0. The van der Waals surface area contributed by atoms with Gasteiger partial charge in [0.1, 0.15) is 23.3 Å². The standard InChI is InChI=1S/C17H25FN2O5/c1-11(24-15(19)21)13-10-12(18)6-7-14(13)23-9-5-8-20-16(22)25-17(2,3)4/h6-7,10-11H,5,8-9H2,1-4H3,(H2,19,21)(H,20,22). The minimum atomic E-state index is -0.954. The van der Waals surface area contributed by atoms with Crippen LogP contribution in [-0.4, -0.2) is 30.9 Å². The Hall–Kier alpha value is -2.51. The number of ether oxygens (including phenoxy) is 3. The molecule has 0 fully saturated rings. The molecule has 7 nitrogen and oxygen atoms in total. The third-order valence-corrected chi connectivity index (χ3v) is 2.95. The summed E-state index contributed by atoms with van der Waals surface area (Å²) < 4.78 is 29.0. The summed E-state index contributed by atoms with van der Waals surface area (Å²) in [4.78, 5) is 22.4. The van der Waals surface area contributed by atoms with Gasteiger partial charge in [0.2, 0.25) is 0 Å². The van der Waals surface area contributed by atoms with Crippen molar-refractivity contribution in [1.82, 2.24) is 5.32 Å². The summed E-state index contributed by atoms with van der Waals surface area (Å²) in [5, 5.41) is 2.61. The molecule has 0 aliphatic heterocycles. The summed E-state index contributed by atoms with van der Waals surface area (Å²) in [6.07, 6.45) is -1.69. The van der Waals surface area contributed by atoms with Gasteiger partial charge in [0, 0.05) is 12.1 Å². The van der Waals surface area contributed by atoms with Crippen molar-refractivity contribution >= 4 is 12.2 Å². The van der Waals surface area contributed by atoms with Gasteiger partial charge in [-0.25, -0.2) is 14.0 Å². The number of carbonyl (C=O) groups excluding carboxylic acids is 2. The minimum Gasteiger partial charge on any atom is -0.493 e. The Bertz CT molecular complexity index is 601. The van der Waals surface area contributed by atoms with Crippen LogP contribution in [0.5, 0.6) is 5.75 Å². The molecule has 0 saturated heterocycles. The number of hydrogen-bond donors (Lipinski definition) is 2. The zero-order valence-corrected chi connectivity index (χ0v) is 14.9. The number of hydrogen-bond acceptors (Lipinski definition) is 5. The average Bonchev–Trinajstić information content (AvgIpc) is 2.45. The molecule has 140 valence electrons. The van der Waals surface area contributed by atoms with Gasteiger partial charge in [0.05, 0.1) is 6.61 Å². The van der Waals surface area contributed by atoms with E-state index in [4.69, 9.17) is 19.9 Å². The lowest BCUT2D eigenvalue weighted by atomic mass is 10.1. The van der Waals surface area contributed by atoms with Crippen LogP contribution in [0.15, 0.2) is 18.2 Å². The molecular weight excluding hydrogens is 331 g/mol. The number of rotatable bonds is 7. The molecule has 0 aromatic heterocycles. The van der Waals surface area contributed by atoms with E-state index in [1.807, 2.05) is 0 Å². The Morgan fingerprint density at radius 1 is 1.32 bits per heavy atom. The molecule has 25 heavy (non-hydrogen) atoms. The van der Waals surface area contributed by atoms with Crippen molar-refractivity contribution < 1.29 is 28.2 Å². The first-order valence-corrected chi connectivity index (χ1v) is 7.93. The smallest absolute Gasteiger partial charge is 0.407 e. The highest BCUT2D eigenvalue weighted by Gasteiger charge is 2.17. The first-order chi connectivity index (χ1) is 11.6. The Morgan fingerprint density at radius 3 is 2.60 bits per heavy atom. The topological polar surface area (TPSA) is 99.9 Å². The predicted molar refractivity (Wildman–Crippen MR) is 89.8 cm³/mol. The molecule has 0 radical (unpaired) electrons. The van der Waals surface area contributed by atoms with Gasteiger partial charge in [0.25, 0.3) is 0 Å². The number of halogens is 1. The lowest BCUT2D eigenvalue weighted by Gasteiger charge is -2.20. The highest BCUT2D eigenvalue weighted by atomic mass is 19.1. The number of primary amides is 1. The van der Waals surface area contributed by atoms with E-state index in [1.165, 1.54) is 18.2 Å². The Morgan fingerprint density at radius 2 is 2.00 bits per heavy atom. The third kappa shape index (κ3) is 8.23. The van der Waals surface area contributed by atoms with Crippen molar-refractivity contribution in [3.8, 4) is 5.75 Å². The molecule has 1 aromatic rings. The third-order valence-electron chi connectivity index (χ3n) is 2.95. The van der Waals surface area contributed by atoms with Crippen molar-refractivity contribution in [2.24, 2.45) is 5.73 Å². The number of nitrogens with two attached hydrogens (primary N) is 1. The Labute approximate surface area is 146 Å². The van der Waals surface area contributed by atoms with Crippen molar-refractivity contribution in [3.05, 3.63) is 29.6 Å². The predicted octanol–water partition coefficient (Wildman–Crippen LogP) is 3.28. The Kier molecular flexibility index (Phi) is 7.47. The van der Waals surface area contributed by atoms with Gasteiger partial charge in [-0.15, -0.1) is 0 Å². The maximum absolute atomic E-state index is 13.4. The highest BCUT2D eigenvalue weighted by Crippen LogP contribution is 2.28. The van der Waals surface area contributed by atoms with Gasteiger partial charge in [-0.1, -0.05) is 0 Å². The molecule has 1 atom stereocenters. The zero-order chi connectivity index (χ0) is 19.0. The van der Waals surface area contributed by atoms with E-state index in [0.29, 0.717) is 24.3 Å². The normalized spacial score (nSPS) is 12.2. The second-order valence-corrected chi connectivity index (χ2v) is 6.39. The summed E-state index contributed by atoms with van der Waals surface area (Å²) in [6.45, 7) is 7.54. The average molecular weight is 356 g/mol. The monoisotopic (exact) mass is 356 g/mol. The molecule has 8 heteroatoms. The van der Waals surface area contributed by atoms with Crippen LogP contribution < -0.4 is 15.8 Å². The minimum absolute atomic E-state index is 0.276. The van der Waals surface area contributed by atoms with Gasteiger partial charge >= 0.3 is 12.2 Å². The number of alkyl carbamates (subject to hydrolysis) is 1. The summed E-state index contributed by atoms with van der Waals surface area (Å²) >= 11 is 0. The number of nitrogens with one attached hydrogen (secondary N) is 1. The van der Waals surface area contributed by atoms with E-state index in [-0.39, 0.29) is 6.61 Å².